The fourth-order valence-corrected chi connectivity index (χ4v) is 3.03. The molecule has 1 fully saturated rings. The standard InChI is InChI=1S/C16H24N2/c1-2-5-15(12-17-14-8-9-14)18-11-10-13-6-3-4-7-16(13)18/h3-4,6-7,14-15,17H,2,5,8-12H2,1H3. The van der Waals surface area contributed by atoms with Crippen molar-refractivity contribution >= 4 is 5.69 Å². The fourth-order valence-electron chi connectivity index (χ4n) is 3.03. The van der Waals surface area contributed by atoms with Gasteiger partial charge in [0.25, 0.3) is 0 Å². The molecule has 0 amide bonds. The summed E-state index contributed by atoms with van der Waals surface area (Å²) in [7, 11) is 0. The zero-order valence-electron chi connectivity index (χ0n) is 11.4. The normalized spacial score (nSPS) is 19.9. The molecule has 1 heterocycles. The van der Waals surface area contributed by atoms with Gasteiger partial charge in [0.2, 0.25) is 0 Å². The first-order valence-electron chi connectivity index (χ1n) is 7.46. The van der Waals surface area contributed by atoms with Crippen molar-refractivity contribution in [3.05, 3.63) is 29.8 Å². The Balaban J connectivity index is 1.69. The van der Waals surface area contributed by atoms with Crippen molar-refractivity contribution in [2.75, 3.05) is 18.0 Å². The van der Waals surface area contributed by atoms with Crippen molar-refractivity contribution in [2.24, 2.45) is 0 Å². The van der Waals surface area contributed by atoms with Gasteiger partial charge in [-0.25, -0.2) is 0 Å². The monoisotopic (exact) mass is 244 g/mol. The van der Waals surface area contributed by atoms with E-state index in [2.05, 4.69) is 41.4 Å². The summed E-state index contributed by atoms with van der Waals surface area (Å²) >= 11 is 0. The highest BCUT2D eigenvalue weighted by molar-refractivity contribution is 5.58. The van der Waals surface area contributed by atoms with Crippen molar-refractivity contribution in [2.45, 2.75) is 51.1 Å². The van der Waals surface area contributed by atoms with Crippen LogP contribution in [0.2, 0.25) is 0 Å². The summed E-state index contributed by atoms with van der Waals surface area (Å²) in [5, 5.41) is 3.71. The summed E-state index contributed by atoms with van der Waals surface area (Å²) in [6, 6.07) is 10.4. The number of fused-ring (bicyclic) bond motifs is 1. The molecule has 1 aliphatic carbocycles. The summed E-state index contributed by atoms with van der Waals surface area (Å²) < 4.78 is 0. The summed E-state index contributed by atoms with van der Waals surface area (Å²) in [5.41, 5.74) is 3.01. The van der Waals surface area contributed by atoms with Crippen LogP contribution in [0.15, 0.2) is 24.3 Å². The summed E-state index contributed by atoms with van der Waals surface area (Å²) in [4.78, 5) is 2.63. The molecule has 2 heteroatoms. The van der Waals surface area contributed by atoms with Crippen LogP contribution >= 0.6 is 0 Å². The van der Waals surface area contributed by atoms with Crippen LogP contribution in [0.4, 0.5) is 5.69 Å². The van der Waals surface area contributed by atoms with Gasteiger partial charge in [-0.15, -0.1) is 0 Å². The maximum Gasteiger partial charge on any atom is 0.0414 e. The van der Waals surface area contributed by atoms with Gasteiger partial charge in [0.15, 0.2) is 0 Å². The SMILES string of the molecule is CCCC(CNC1CC1)N1CCc2ccccc21. The van der Waals surface area contributed by atoms with Gasteiger partial charge in [-0.2, -0.15) is 0 Å². The molecule has 1 aliphatic heterocycles. The van der Waals surface area contributed by atoms with E-state index in [0.717, 1.165) is 12.6 Å². The van der Waals surface area contributed by atoms with Crippen LogP contribution in [-0.2, 0) is 6.42 Å². The first-order chi connectivity index (χ1) is 8.88. The quantitative estimate of drug-likeness (QED) is 0.827. The lowest BCUT2D eigenvalue weighted by Gasteiger charge is -2.30. The van der Waals surface area contributed by atoms with Gasteiger partial charge in [0.1, 0.15) is 0 Å². The average molecular weight is 244 g/mol. The highest BCUT2D eigenvalue weighted by atomic mass is 15.2. The van der Waals surface area contributed by atoms with E-state index in [-0.39, 0.29) is 0 Å². The van der Waals surface area contributed by atoms with E-state index in [1.54, 1.807) is 0 Å². The van der Waals surface area contributed by atoms with Gasteiger partial charge in [-0.1, -0.05) is 31.5 Å². The Morgan fingerprint density at radius 2 is 2.17 bits per heavy atom. The zero-order valence-corrected chi connectivity index (χ0v) is 11.4. The van der Waals surface area contributed by atoms with E-state index in [0.29, 0.717) is 6.04 Å². The predicted octanol–water partition coefficient (Wildman–Crippen LogP) is 2.97. The fraction of sp³-hybridized carbons (Fsp3) is 0.625. The van der Waals surface area contributed by atoms with Crippen molar-refractivity contribution in [1.82, 2.24) is 5.32 Å². The van der Waals surface area contributed by atoms with Crippen molar-refractivity contribution < 1.29 is 0 Å². The van der Waals surface area contributed by atoms with Crippen molar-refractivity contribution in [1.29, 1.82) is 0 Å². The molecule has 2 nitrogen and oxygen atoms in total. The minimum atomic E-state index is 0.680. The molecule has 0 spiro atoms. The van der Waals surface area contributed by atoms with Crippen LogP contribution < -0.4 is 10.2 Å². The lowest BCUT2D eigenvalue weighted by molar-refractivity contribution is 0.505. The Morgan fingerprint density at radius 1 is 1.33 bits per heavy atom. The van der Waals surface area contributed by atoms with Crippen LogP contribution in [0.3, 0.4) is 0 Å². The number of hydrogen-bond donors (Lipinski definition) is 1. The molecule has 1 aromatic carbocycles. The second kappa shape index (κ2) is 5.31. The number of para-hydroxylation sites is 1. The van der Waals surface area contributed by atoms with Crippen molar-refractivity contribution in [3.8, 4) is 0 Å². The molecule has 1 saturated carbocycles. The van der Waals surface area contributed by atoms with E-state index in [4.69, 9.17) is 0 Å². The molecule has 1 N–H and O–H groups in total. The Bertz CT molecular complexity index is 398. The number of anilines is 1. The highest BCUT2D eigenvalue weighted by Gasteiger charge is 2.27. The molecule has 0 aromatic heterocycles. The summed E-state index contributed by atoms with van der Waals surface area (Å²) in [5.74, 6) is 0. The molecule has 1 unspecified atom stereocenters. The third-order valence-corrected chi connectivity index (χ3v) is 4.21. The number of nitrogens with one attached hydrogen (secondary N) is 1. The maximum absolute atomic E-state index is 3.71. The lowest BCUT2D eigenvalue weighted by atomic mass is 10.1. The van der Waals surface area contributed by atoms with Crippen molar-refractivity contribution in [3.63, 3.8) is 0 Å². The highest BCUT2D eigenvalue weighted by Crippen LogP contribution is 2.30. The van der Waals surface area contributed by atoms with Crippen LogP contribution in [0.25, 0.3) is 0 Å². The first kappa shape index (κ1) is 12.0. The van der Waals surface area contributed by atoms with Gasteiger partial charge in [-0.3, -0.25) is 0 Å². The molecule has 1 atom stereocenters. The zero-order chi connectivity index (χ0) is 12.4. The maximum atomic E-state index is 3.71. The predicted molar refractivity (Wildman–Crippen MR) is 77.2 cm³/mol. The first-order valence-corrected chi connectivity index (χ1v) is 7.46. The second-order valence-electron chi connectivity index (χ2n) is 5.70. The van der Waals surface area contributed by atoms with Crippen LogP contribution in [0.1, 0.15) is 38.2 Å². The molecule has 98 valence electrons. The number of rotatable bonds is 6. The van der Waals surface area contributed by atoms with Gasteiger partial charge in [0.05, 0.1) is 0 Å². The van der Waals surface area contributed by atoms with E-state index in [1.807, 2.05) is 0 Å². The topological polar surface area (TPSA) is 15.3 Å². The van der Waals surface area contributed by atoms with E-state index < -0.39 is 0 Å². The molecule has 0 bridgehead atoms. The average Bonchev–Trinajstić information content (AvgIpc) is 3.13. The van der Waals surface area contributed by atoms with E-state index in [1.165, 1.54) is 49.9 Å². The van der Waals surface area contributed by atoms with E-state index >= 15 is 0 Å². The number of nitrogens with zero attached hydrogens (tertiary/aromatic N) is 1. The van der Waals surface area contributed by atoms with E-state index in [9.17, 15) is 0 Å². The minimum Gasteiger partial charge on any atom is -0.367 e. The molecule has 18 heavy (non-hydrogen) atoms. The molecule has 0 radical (unpaired) electrons. The van der Waals surface area contributed by atoms with Gasteiger partial charge >= 0.3 is 0 Å². The van der Waals surface area contributed by atoms with Gasteiger partial charge < -0.3 is 10.2 Å². The number of benzene rings is 1. The second-order valence-corrected chi connectivity index (χ2v) is 5.70. The summed E-state index contributed by atoms with van der Waals surface area (Å²) in [6.07, 6.45) is 6.56. The molecule has 1 aromatic rings. The lowest BCUT2D eigenvalue weighted by Crippen LogP contribution is -2.42. The third kappa shape index (κ3) is 2.54. The van der Waals surface area contributed by atoms with Gasteiger partial charge in [0, 0.05) is 30.9 Å². The van der Waals surface area contributed by atoms with Crippen LogP contribution in [0, 0.1) is 0 Å². The smallest absolute Gasteiger partial charge is 0.0414 e. The molecule has 2 aliphatic rings. The molecule has 0 saturated heterocycles. The molecular weight excluding hydrogens is 220 g/mol. The molecule has 3 rings (SSSR count). The summed E-state index contributed by atoms with van der Waals surface area (Å²) in [6.45, 7) is 4.66. The Kier molecular flexibility index (Phi) is 3.55. The van der Waals surface area contributed by atoms with Crippen LogP contribution in [0.5, 0.6) is 0 Å². The minimum absolute atomic E-state index is 0.680. The third-order valence-electron chi connectivity index (χ3n) is 4.21. The Labute approximate surface area is 110 Å². The number of hydrogen-bond acceptors (Lipinski definition) is 2. The Hall–Kier alpha value is -1.02. The molecular formula is C16H24N2. The van der Waals surface area contributed by atoms with Gasteiger partial charge in [-0.05, 0) is 37.3 Å². The van der Waals surface area contributed by atoms with Crippen LogP contribution in [-0.4, -0.2) is 25.2 Å². The largest absolute Gasteiger partial charge is 0.367 e. The Morgan fingerprint density at radius 3 is 2.94 bits per heavy atom.